The number of rotatable bonds is 5. The maximum absolute atomic E-state index is 12.4. The van der Waals surface area contributed by atoms with Crippen LogP contribution in [0.25, 0.3) is 0 Å². The third-order valence-corrected chi connectivity index (χ3v) is 4.96. The van der Waals surface area contributed by atoms with Crippen LogP contribution in [0.15, 0.2) is 58.3 Å². The molecule has 0 saturated heterocycles. The maximum Gasteiger partial charge on any atom is 0.362 e. The Balaban J connectivity index is 1.83. The summed E-state index contributed by atoms with van der Waals surface area (Å²) in [6.45, 7) is 0. The molecule has 0 aliphatic rings. The highest BCUT2D eigenvalue weighted by atomic mass is 35.5. The van der Waals surface area contributed by atoms with Crippen molar-refractivity contribution < 1.29 is 9.72 Å². The summed E-state index contributed by atoms with van der Waals surface area (Å²) in [4.78, 5) is 24.2. The second kappa shape index (κ2) is 7.77. The standard InChI is InChI=1S/C16H10Cl2N4O3S/c17-9-5-7-10(8-6-9)26-12-4-2-1-3-11(12)19-16(23)14-13(18)15(21-20-14)22(24)25/h1-8H,(H,19,23)(H,20,21). The zero-order valence-electron chi connectivity index (χ0n) is 12.9. The lowest BCUT2D eigenvalue weighted by Gasteiger charge is -2.10. The number of hydrogen-bond donors (Lipinski definition) is 2. The molecule has 7 nitrogen and oxygen atoms in total. The van der Waals surface area contributed by atoms with E-state index < -0.39 is 16.6 Å². The van der Waals surface area contributed by atoms with Crippen LogP contribution in [0, 0.1) is 10.1 Å². The zero-order chi connectivity index (χ0) is 18.7. The largest absolute Gasteiger partial charge is 0.362 e. The number of nitrogens with zero attached hydrogens (tertiary/aromatic N) is 2. The number of nitro groups is 1. The molecule has 2 aromatic carbocycles. The Morgan fingerprint density at radius 3 is 2.50 bits per heavy atom. The highest BCUT2D eigenvalue weighted by Crippen LogP contribution is 2.34. The summed E-state index contributed by atoms with van der Waals surface area (Å²) in [5.74, 6) is -1.18. The van der Waals surface area contributed by atoms with Crippen LogP contribution in [0.5, 0.6) is 0 Å². The number of nitrogens with one attached hydrogen (secondary N) is 2. The Bertz CT molecular complexity index is 976. The molecule has 0 radical (unpaired) electrons. The number of hydrogen-bond acceptors (Lipinski definition) is 5. The molecular weight excluding hydrogens is 399 g/mol. The van der Waals surface area contributed by atoms with Crippen molar-refractivity contribution in [2.24, 2.45) is 0 Å². The second-order valence-corrected chi connectivity index (χ2v) is 6.93. The number of amides is 1. The van der Waals surface area contributed by atoms with Crippen molar-refractivity contribution in [1.29, 1.82) is 0 Å². The lowest BCUT2D eigenvalue weighted by molar-refractivity contribution is -0.389. The molecule has 10 heteroatoms. The predicted octanol–water partition coefficient (Wildman–Crippen LogP) is 5.03. The second-order valence-electron chi connectivity index (χ2n) is 5.00. The first-order valence-corrected chi connectivity index (χ1v) is 8.75. The van der Waals surface area contributed by atoms with E-state index in [4.69, 9.17) is 23.2 Å². The molecule has 0 unspecified atom stereocenters. The molecule has 132 valence electrons. The van der Waals surface area contributed by atoms with E-state index in [2.05, 4.69) is 15.5 Å². The van der Waals surface area contributed by atoms with Gasteiger partial charge in [0.1, 0.15) is 0 Å². The Morgan fingerprint density at radius 2 is 1.85 bits per heavy atom. The molecule has 2 N–H and O–H groups in total. The minimum Gasteiger partial charge on any atom is -0.358 e. The van der Waals surface area contributed by atoms with E-state index in [1.165, 1.54) is 11.8 Å². The van der Waals surface area contributed by atoms with Gasteiger partial charge in [0.05, 0.1) is 5.69 Å². The molecule has 3 rings (SSSR count). The third kappa shape index (κ3) is 3.98. The molecule has 0 fully saturated rings. The van der Waals surface area contributed by atoms with Crippen molar-refractivity contribution >= 4 is 52.4 Å². The molecule has 1 heterocycles. The first kappa shape index (κ1) is 18.2. The summed E-state index contributed by atoms with van der Waals surface area (Å²) < 4.78 is 0. The minimum atomic E-state index is -0.740. The molecule has 0 atom stereocenters. The van der Waals surface area contributed by atoms with Gasteiger partial charge >= 0.3 is 5.82 Å². The van der Waals surface area contributed by atoms with Crippen molar-refractivity contribution in [3.8, 4) is 0 Å². The fourth-order valence-electron chi connectivity index (χ4n) is 2.06. The number of anilines is 1. The van der Waals surface area contributed by atoms with E-state index in [9.17, 15) is 14.9 Å². The number of carbonyl (C=O) groups excluding carboxylic acids is 1. The fraction of sp³-hybridized carbons (Fsp3) is 0. The van der Waals surface area contributed by atoms with Gasteiger partial charge in [-0.15, -0.1) is 5.10 Å². The first-order valence-electron chi connectivity index (χ1n) is 7.18. The Labute approximate surface area is 161 Å². The van der Waals surface area contributed by atoms with E-state index in [0.717, 1.165) is 9.79 Å². The van der Waals surface area contributed by atoms with Gasteiger partial charge in [-0.05, 0) is 41.3 Å². The minimum absolute atomic E-state index is 0.246. The summed E-state index contributed by atoms with van der Waals surface area (Å²) in [5, 5.41) is 19.5. The van der Waals surface area contributed by atoms with Gasteiger partial charge in [0.2, 0.25) is 0 Å². The van der Waals surface area contributed by atoms with E-state index in [1.54, 1.807) is 24.3 Å². The van der Waals surface area contributed by atoms with Gasteiger partial charge in [-0.1, -0.05) is 52.2 Å². The molecule has 1 amide bonds. The number of benzene rings is 2. The lowest BCUT2D eigenvalue weighted by Crippen LogP contribution is -2.13. The summed E-state index contributed by atoms with van der Waals surface area (Å²) in [6.07, 6.45) is 0. The average molecular weight is 409 g/mol. The van der Waals surface area contributed by atoms with Crippen molar-refractivity contribution in [2.75, 3.05) is 5.32 Å². The Hall–Kier alpha value is -2.55. The van der Waals surface area contributed by atoms with Crippen molar-refractivity contribution in [2.45, 2.75) is 9.79 Å². The smallest absolute Gasteiger partial charge is 0.358 e. The van der Waals surface area contributed by atoms with Crippen LogP contribution >= 0.6 is 35.0 Å². The van der Waals surface area contributed by atoms with Crippen LogP contribution in [0.1, 0.15) is 10.5 Å². The number of aromatic amines is 1. The van der Waals surface area contributed by atoms with Crippen molar-refractivity contribution in [1.82, 2.24) is 10.2 Å². The predicted molar refractivity (Wildman–Crippen MR) is 100 cm³/mol. The zero-order valence-corrected chi connectivity index (χ0v) is 15.2. The summed E-state index contributed by atoms with van der Waals surface area (Å²) in [6, 6.07) is 14.4. The SMILES string of the molecule is O=C(Nc1ccccc1Sc1ccc(Cl)cc1)c1n[nH]c([N+](=O)[O-])c1Cl. The molecule has 0 bridgehead atoms. The van der Waals surface area contributed by atoms with E-state index >= 15 is 0 Å². The molecule has 0 aliphatic carbocycles. The topological polar surface area (TPSA) is 101 Å². The molecule has 3 aromatic rings. The fourth-order valence-corrected chi connectivity index (χ4v) is 3.33. The summed E-state index contributed by atoms with van der Waals surface area (Å²) in [7, 11) is 0. The van der Waals surface area contributed by atoms with Crippen LogP contribution in [0.4, 0.5) is 11.5 Å². The van der Waals surface area contributed by atoms with E-state index in [-0.39, 0.29) is 10.7 Å². The van der Waals surface area contributed by atoms with Crippen LogP contribution in [0.2, 0.25) is 10.0 Å². The van der Waals surface area contributed by atoms with Crippen LogP contribution < -0.4 is 5.32 Å². The molecule has 0 spiro atoms. The van der Waals surface area contributed by atoms with Gasteiger partial charge < -0.3 is 15.4 Å². The summed E-state index contributed by atoms with van der Waals surface area (Å²) in [5.41, 5.74) is 0.281. The van der Waals surface area contributed by atoms with Crippen molar-refractivity contribution in [3.63, 3.8) is 0 Å². The van der Waals surface area contributed by atoms with Crippen LogP contribution in [0.3, 0.4) is 0 Å². The monoisotopic (exact) mass is 408 g/mol. The molecule has 1 aromatic heterocycles. The number of para-hydroxylation sites is 1. The number of H-pyrrole nitrogens is 1. The molecule has 0 aliphatic heterocycles. The molecular formula is C16H10Cl2N4O3S. The number of aromatic nitrogens is 2. The average Bonchev–Trinajstić information content (AvgIpc) is 3.00. The summed E-state index contributed by atoms with van der Waals surface area (Å²) >= 11 is 13.2. The first-order chi connectivity index (χ1) is 12.5. The molecule has 26 heavy (non-hydrogen) atoms. The normalized spacial score (nSPS) is 10.5. The number of carbonyl (C=O) groups is 1. The van der Waals surface area contributed by atoms with Gasteiger partial charge in [0, 0.05) is 14.8 Å². The van der Waals surface area contributed by atoms with E-state index in [0.29, 0.717) is 10.7 Å². The molecule has 0 saturated carbocycles. The maximum atomic E-state index is 12.4. The van der Waals surface area contributed by atoms with Crippen molar-refractivity contribution in [3.05, 3.63) is 74.4 Å². The third-order valence-electron chi connectivity index (χ3n) is 3.26. The Morgan fingerprint density at radius 1 is 1.15 bits per heavy atom. The van der Waals surface area contributed by atoms with Crippen LogP contribution in [-0.4, -0.2) is 21.0 Å². The lowest BCUT2D eigenvalue weighted by atomic mass is 10.3. The van der Waals surface area contributed by atoms with Gasteiger partial charge in [-0.25, -0.2) is 0 Å². The highest BCUT2D eigenvalue weighted by Gasteiger charge is 2.25. The van der Waals surface area contributed by atoms with Crippen LogP contribution in [-0.2, 0) is 0 Å². The van der Waals surface area contributed by atoms with Gasteiger partial charge in [-0.3, -0.25) is 4.79 Å². The van der Waals surface area contributed by atoms with Gasteiger partial charge in [0.25, 0.3) is 5.91 Å². The Kier molecular flexibility index (Phi) is 5.46. The van der Waals surface area contributed by atoms with Gasteiger partial charge in [-0.2, -0.15) is 0 Å². The number of halogens is 2. The van der Waals surface area contributed by atoms with Gasteiger partial charge in [0.15, 0.2) is 10.7 Å². The van der Waals surface area contributed by atoms with E-state index in [1.807, 2.05) is 24.3 Å². The highest BCUT2D eigenvalue weighted by molar-refractivity contribution is 7.99. The quantitative estimate of drug-likeness (QED) is 0.455.